The molecule has 0 aliphatic carbocycles. The summed E-state index contributed by atoms with van der Waals surface area (Å²) in [5.74, 6) is 0. The summed E-state index contributed by atoms with van der Waals surface area (Å²) in [6.45, 7) is 6.42. The van der Waals surface area contributed by atoms with E-state index in [0.717, 1.165) is 18.8 Å². The summed E-state index contributed by atoms with van der Waals surface area (Å²) in [4.78, 5) is 8.32. The van der Waals surface area contributed by atoms with Crippen molar-refractivity contribution in [3.63, 3.8) is 0 Å². The van der Waals surface area contributed by atoms with Crippen molar-refractivity contribution >= 4 is 16.5 Å². The Balaban J connectivity index is 2.16. The normalized spacial score (nSPS) is 19.6. The molecule has 4 heteroatoms. The molecule has 1 fully saturated rings. The van der Waals surface area contributed by atoms with Crippen LogP contribution in [0.2, 0.25) is 0 Å². The van der Waals surface area contributed by atoms with Crippen molar-refractivity contribution < 1.29 is 0 Å². The summed E-state index contributed by atoms with van der Waals surface area (Å²) < 4.78 is 0. The summed E-state index contributed by atoms with van der Waals surface area (Å²) in [6.07, 6.45) is 5.32. The van der Waals surface area contributed by atoms with Crippen molar-refractivity contribution in [3.8, 4) is 0 Å². The van der Waals surface area contributed by atoms with Crippen molar-refractivity contribution in [3.05, 3.63) is 10.6 Å². The summed E-state index contributed by atoms with van der Waals surface area (Å²) in [5, 5.41) is 1.17. The second-order valence-corrected chi connectivity index (χ2v) is 5.65. The van der Waals surface area contributed by atoms with Crippen LogP contribution in [0, 0.1) is 6.92 Å². The minimum absolute atomic E-state index is 0.109. The van der Waals surface area contributed by atoms with Crippen molar-refractivity contribution in [1.82, 2.24) is 4.98 Å². The Bertz CT molecular complexity index is 338. The molecule has 0 saturated carbocycles. The predicted octanol–water partition coefficient (Wildman–Crippen LogP) is 2.85. The molecule has 0 spiro atoms. The zero-order chi connectivity index (χ0) is 11.5. The largest absolute Gasteiger partial charge is 0.348 e. The maximum absolute atomic E-state index is 5.94. The molecule has 1 aliphatic rings. The van der Waals surface area contributed by atoms with Gasteiger partial charge in [-0.3, -0.25) is 0 Å². The van der Waals surface area contributed by atoms with Crippen molar-refractivity contribution in [2.75, 3.05) is 18.0 Å². The molecular formula is C12H21N3S. The van der Waals surface area contributed by atoms with Gasteiger partial charge in [-0.05, 0) is 26.7 Å². The lowest BCUT2D eigenvalue weighted by molar-refractivity contribution is 0.726. The SMILES string of the molecule is Cc1nc(N2CCCCCC2)sc1C(C)N. The smallest absolute Gasteiger partial charge is 0.185 e. The fourth-order valence-electron chi connectivity index (χ4n) is 2.21. The molecule has 90 valence electrons. The molecular weight excluding hydrogens is 218 g/mol. The molecule has 0 bridgehead atoms. The van der Waals surface area contributed by atoms with Crippen LogP contribution in [-0.2, 0) is 0 Å². The highest BCUT2D eigenvalue weighted by atomic mass is 32.1. The molecule has 1 aromatic heterocycles. The lowest BCUT2D eigenvalue weighted by Crippen LogP contribution is -2.23. The third-order valence-electron chi connectivity index (χ3n) is 3.11. The monoisotopic (exact) mass is 239 g/mol. The van der Waals surface area contributed by atoms with Crippen LogP contribution in [0.5, 0.6) is 0 Å². The lowest BCUT2D eigenvalue weighted by Gasteiger charge is -2.18. The molecule has 1 unspecified atom stereocenters. The van der Waals surface area contributed by atoms with Crippen LogP contribution in [0.15, 0.2) is 0 Å². The molecule has 1 aromatic rings. The van der Waals surface area contributed by atoms with Crippen LogP contribution in [0.4, 0.5) is 5.13 Å². The number of anilines is 1. The van der Waals surface area contributed by atoms with E-state index in [1.165, 1.54) is 35.7 Å². The Hall–Kier alpha value is -0.610. The molecule has 0 aromatic carbocycles. The van der Waals surface area contributed by atoms with E-state index in [9.17, 15) is 0 Å². The van der Waals surface area contributed by atoms with Crippen molar-refractivity contribution in [2.45, 2.75) is 45.6 Å². The average Bonchev–Trinajstić information content (AvgIpc) is 2.50. The van der Waals surface area contributed by atoms with Gasteiger partial charge in [-0.25, -0.2) is 4.98 Å². The Morgan fingerprint density at radius 1 is 1.25 bits per heavy atom. The lowest BCUT2D eigenvalue weighted by atomic mass is 10.2. The second-order valence-electron chi connectivity index (χ2n) is 4.64. The average molecular weight is 239 g/mol. The van der Waals surface area contributed by atoms with Crippen LogP contribution in [-0.4, -0.2) is 18.1 Å². The van der Waals surface area contributed by atoms with Gasteiger partial charge < -0.3 is 10.6 Å². The third kappa shape index (κ3) is 2.55. The number of thiazole rings is 1. The van der Waals surface area contributed by atoms with Gasteiger partial charge in [-0.1, -0.05) is 12.8 Å². The van der Waals surface area contributed by atoms with E-state index in [-0.39, 0.29) is 6.04 Å². The summed E-state index contributed by atoms with van der Waals surface area (Å²) >= 11 is 1.77. The Morgan fingerprint density at radius 3 is 2.38 bits per heavy atom. The second kappa shape index (κ2) is 5.15. The van der Waals surface area contributed by atoms with E-state index in [4.69, 9.17) is 5.73 Å². The zero-order valence-electron chi connectivity index (χ0n) is 10.2. The first kappa shape index (κ1) is 11.9. The van der Waals surface area contributed by atoms with E-state index in [1.807, 2.05) is 6.92 Å². The van der Waals surface area contributed by atoms with Gasteiger partial charge in [0.25, 0.3) is 0 Å². The third-order valence-corrected chi connectivity index (χ3v) is 4.53. The Kier molecular flexibility index (Phi) is 3.82. The van der Waals surface area contributed by atoms with Crippen molar-refractivity contribution in [1.29, 1.82) is 0 Å². The van der Waals surface area contributed by atoms with Gasteiger partial charge in [0.1, 0.15) is 0 Å². The van der Waals surface area contributed by atoms with Gasteiger partial charge in [-0.2, -0.15) is 0 Å². The minimum atomic E-state index is 0.109. The minimum Gasteiger partial charge on any atom is -0.348 e. The van der Waals surface area contributed by atoms with Crippen LogP contribution in [0.25, 0.3) is 0 Å². The molecule has 0 radical (unpaired) electrons. The van der Waals surface area contributed by atoms with E-state index >= 15 is 0 Å². The first-order valence-corrected chi connectivity index (χ1v) is 6.98. The van der Waals surface area contributed by atoms with E-state index in [2.05, 4.69) is 16.8 Å². The highest BCUT2D eigenvalue weighted by Crippen LogP contribution is 2.30. The maximum atomic E-state index is 5.94. The molecule has 2 rings (SSSR count). The predicted molar refractivity (Wildman–Crippen MR) is 70.1 cm³/mol. The number of nitrogens with zero attached hydrogens (tertiary/aromatic N) is 2. The molecule has 16 heavy (non-hydrogen) atoms. The number of rotatable bonds is 2. The quantitative estimate of drug-likeness (QED) is 0.863. The summed E-state index contributed by atoms with van der Waals surface area (Å²) in [7, 11) is 0. The molecule has 2 heterocycles. The highest BCUT2D eigenvalue weighted by molar-refractivity contribution is 7.15. The van der Waals surface area contributed by atoms with Crippen LogP contribution < -0.4 is 10.6 Å². The molecule has 0 amide bonds. The van der Waals surface area contributed by atoms with Gasteiger partial charge in [-0.15, -0.1) is 11.3 Å². The fraction of sp³-hybridized carbons (Fsp3) is 0.750. The maximum Gasteiger partial charge on any atom is 0.185 e. The van der Waals surface area contributed by atoms with Gasteiger partial charge in [0, 0.05) is 24.0 Å². The van der Waals surface area contributed by atoms with Gasteiger partial charge in [0.05, 0.1) is 5.69 Å². The number of nitrogens with two attached hydrogens (primary N) is 1. The van der Waals surface area contributed by atoms with Gasteiger partial charge in [0.2, 0.25) is 0 Å². The van der Waals surface area contributed by atoms with E-state index < -0.39 is 0 Å². The topological polar surface area (TPSA) is 42.2 Å². The molecule has 1 atom stereocenters. The Labute approximate surface area is 102 Å². The van der Waals surface area contributed by atoms with Crippen LogP contribution in [0.3, 0.4) is 0 Å². The molecule has 1 aliphatic heterocycles. The van der Waals surface area contributed by atoms with Crippen molar-refractivity contribution in [2.24, 2.45) is 5.73 Å². The zero-order valence-corrected chi connectivity index (χ0v) is 11.0. The van der Waals surface area contributed by atoms with Gasteiger partial charge >= 0.3 is 0 Å². The molecule has 2 N–H and O–H groups in total. The summed E-state index contributed by atoms with van der Waals surface area (Å²) in [5.41, 5.74) is 7.05. The number of aromatic nitrogens is 1. The fourth-order valence-corrected chi connectivity index (χ4v) is 3.28. The molecule has 3 nitrogen and oxygen atoms in total. The number of hydrogen-bond donors (Lipinski definition) is 1. The standard InChI is InChI=1S/C12H21N3S/c1-9(13)11-10(2)14-12(16-11)15-7-5-3-4-6-8-15/h9H,3-8,13H2,1-2H3. The highest BCUT2D eigenvalue weighted by Gasteiger charge is 2.17. The number of hydrogen-bond acceptors (Lipinski definition) is 4. The first-order valence-electron chi connectivity index (χ1n) is 6.16. The van der Waals surface area contributed by atoms with Gasteiger partial charge in [0.15, 0.2) is 5.13 Å². The summed E-state index contributed by atoms with van der Waals surface area (Å²) in [6, 6.07) is 0.109. The van der Waals surface area contributed by atoms with E-state index in [0.29, 0.717) is 0 Å². The van der Waals surface area contributed by atoms with Crippen LogP contribution >= 0.6 is 11.3 Å². The first-order chi connectivity index (χ1) is 7.68. The number of aryl methyl sites for hydroxylation is 1. The van der Waals surface area contributed by atoms with E-state index in [1.54, 1.807) is 11.3 Å². The van der Waals surface area contributed by atoms with Crippen LogP contribution in [0.1, 0.15) is 49.2 Å². The molecule has 1 saturated heterocycles. The Morgan fingerprint density at radius 2 is 1.88 bits per heavy atom.